The van der Waals surface area contributed by atoms with Gasteiger partial charge in [-0.3, -0.25) is 4.79 Å². The van der Waals surface area contributed by atoms with Crippen LogP contribution < -0.4 is 19.5 Å². The van der Waals surface area contributed by atoms with Gasteiger partial charge < -0.3 is 23.9 Å². The lowest BCUT2D eigenvalue weighted by atomic mass is 10.1. The number of hydrogen-bond donors (Lipinski definition) is 1. The zero-order chi connectivity index (χ0) is 22.5. The second-order valence-electron chi connectivity index (χ2n) is 7.50. The molecule has 0 radical (unpaired) electrons. The fourth-order valence-electron chi connectivity index (χ4n) is 3.24. The average Bonchev–Trinajstić information content (AvgIpc) is 3.21. The Morgan fingerprint density at radius 2 is 1.94 bits per heavy atom. The van der Waals surface area contributed by atoms with E-state index < -0.39 is 0 Å². The zero-order valence-electron chi connectivity index (χ0n) is 18.2. The second-order valence-corrected chi connectivity index (χ2v) is 7.50. The quantitative estimate of drug-likeness (QED) is 0.427. The van der Waals surface area contributed by atoms with Crippen molar-refractivity contribution >= 4 is 17.2 Å². The maximum atomic E-state index is 12.7. The monoisotopic (exact) mass is 431 g/mol. The standard InChI is InChI=1S/C25H25N3O4/c1-17(2)32-22-11-10-18(13-23(22)30-3)25(29)27-19-7-6-8-21(14-19)31-16-20-15-28-12-5-4-9-24(28)26-20/h4-15,17H,16H2,1-3H3,(H,27,29). The molecule has 0 saturated carbocycles. The van der Waals surface area contributed by atoms with E-state index in [1.165, 1.54) is 0 Å². The van der Waals surface area contributed by atoms with E-state index in [1.807, 2.05) is 67.0 Å². The van der Waals surface area contributed by atoms with E-state index in [9.17, 15) is 4.79 Å². The number of fused-ring (bicyclic) bond motifs is 1. The first kappa shape index (κ1) is 21.2. The van der Waals surface area contributed by atoms with Crippen molar-refractivity contribution in [1.29, 1.82) is 0 Å². The number of methoxy groups -OCH3 is 1. The first-order valence-electron chi connectivity index (χ1n) is 10.3. The number of pyridine rings is 1. The number of anilines is 1. The van der Waals surface area contributed by atoms with Crippen molar-refractivity contribution in [2.24, 2.45) is 0 Å². The predicted molar refractivity (Wildman–Crippen MR) is 123 cm³/mol. The highest BCUT2D eigenvalue weighted by Gasteiger charge is 2.13. The maximum absolute atomic E-state index is 12.7. The van der Waals surface area contributed by atoms with E-state index in [1.54, 1.807) is 31.4 Å². The Balaban J connectivity index is 1.42. The van der Waals surface area contributed by atoms with Gasteiger partial charge in [0, 0.05) is 29.7 Å². The number of imidazole rings is 1. The van der Waals surface area contributed by atoms with Crippen molar-refractivity contribution in [1.82, 2.24) is 9.38 Å². The number of amides is 1. The minimum atomic E-state index is -0.253. The highest BCUT2D eigenvalue weighted by atomic mass is 16.5. The number of ether oxygens (including phenoxy) is 3. The van der Waals surface area contributed by atoms with Gasteiger partial charge >= 0.3 is 0 Å². The molecular formula is C25H25N3O4. The lowest BCUT2D eigenvalue weighted by Gasteiger charge is -2.14. The lowest BCUT2D eigenvalue weighted by molar-refractivity contribution is 0.102. The summed E-state index contributed by atoms with van der Waals surface area (Å²) in [5, 5.41) is 2.89. The molecule has 4 rings (SSSR count). The smallest absolute Gasteiger partial charge is 0.255 e. The highest BCUT2D eigenvalue weighted by molar-refractivity contribution is 6.04. The molecule has 0 fully saturated rings. The van der Waals surface area contributed by atoms with Gasteiger partial charge in [0.15, 0.2) is 11.5 Å². The fourth-order valence-corrected chi connectivity index (χ4v) is 3.24. The van der Waals surface area contributed by atoms with Gasteiger partial charge in [0.1, 0.15) is 18.0 Å². The summed E-state index contributed by atoms with van der Waals surface area (Å²) in [5.74, 6) is 1.49. The molecule has 0 aliphatic rings. The normalized spacial score (nSPS) is 10.9. The first-order chi connectivity index (χ1) is 15.5. The third-order valence-corrected chi connectivity index (χ3v) is 4.68. The van der Waals surface area contributed by atoms with Gasteiger partial charge in [-0.2, -0.15) is 0 Å². The molecule has 0 unspecified atom stereocenters. The Bertz CT molecular complexity index is 1200. The van der Waals surface area contributed by atoms with Crippen molar-refractivity contribution in [3.63, 3.8) is 0 Å². The Morgan fingerprint density at radius 3 is 2.72 bits per heavy atom. The van der Waals surface area contributed by atoms with Gasteiger partial charge in [0.2, 0.25) is 0 Å². The summed E-state index contributed by atoms with van der Waals surface area (Å²) in [5.41, 5.74) is 2.78. The molecule has 0 bridgehead atoms. The number of benzene rings is 2. The first-order valence-corrected chi connectivity index (χ1v) is 10.3. The van der Waals surface area contributed by atoms with Crippen LogP contribution in [0.3, 0.4) is 0 Å². The molecule has 7 heteroatoms. The minimum absolute atomic E-state index is 0.00636. The van der Waals surface area contributed by atoms with E-state index in [4.69, 9.17) is 14.2 Å². The van der Waals surface area contributed by atoms with Gasteiger partial charge in [0.25, 0.3) is 5.91 Å². The number of hydrogen-bond acceptors (Lipinski definition) is 5. The molecule has 7 nitrogen and oxygen atoms in total. The molecule has 1 N–H and O–H groups in total. The van der Waals surface area contributed by atoms with Crippen LogP contribution in [0.2, 0.25) is 0 Å². The summed E-state index contributed by atoms with van der Waals surface area (Å²) < 4.78 is 18.9. The van der Waals surface area contributed by atoms with Crippen LogP contribution in [-0.4, -0.2) is 28.5 Å². The van der Waals surface area contributed by atoms with Crippen LogP contribution in [0.4, 0.5) is 5.69 Å². The van der Waals surface area contributed by atoms with E-state index in [-0.39, 0.29) is 12.0 Å². The molecular weight excluding hydrogens is 406 g/mol. The summed E-state index contributed by atoms with van der Waals surface area (Å²) in [6, 6.07) is 18.2. The Hall–Kier alpha value is -4.00. The summed E-state index contributed by atoms with van der Waals surface area (Å²) in [7, 11) is 1.55. The fraction of sp³-hybridized carbons (Fsp3) is 0.200. The molecule has 1 amide bonds. The van der Waals surface area contributed by atoms with Gasteiger partial charge in [-0.25, -0.2) is 4.98 Å². The highest BCUT2D eigenvalue weighted by Crippen LogP contribution is 2.29. The van der Waals surface area contributed by atoms with Crippen molar-refractivity contribution in [2.45, 2.75) is 26.6 Å². The Kier molecular flexibility index (Phi) is 6.26. The third kappa shape index (κ3) is 5.00. The molecule has 2 aromatic heterocycles. The minimum Gasteiger partial charge on any atom is -0.493 e. The van der Waals surface area contributed by atoms with Crippen LogP contribution in [0.1, 0.15) is 29.9 Å². The average molecular weight is 431 g/mol. The molecule has 0 aliphatic carbocycles. The molecule has 164 valence electrons. The van der Waals surface area contributed by atoms with Crippen molar-refractivity contribution in [2.75, 3.05) is 12.4 Å². The van der Waals surface area contributed by atoms with Crippen LogP contribution in [-0.2, 0) is 6.61 Å². The molecule has 0 atom stereocenters. The molecule has 0 saturated heterocycles. The second kappa shape index (κ2) is 9.43. The number of rotatable bonds is 8. The van der Waals surface area contributed by atoms with Gasteiger partial charge in [-0.05, 0) is 56.3 Å². The molecule has 2 aromatic carbocycles. The summed E-state index contributed by atoms with van der Waals surface area (Å²) >= 11 is 0. The number of carbonyl (C=O) groups is 1. The van der Waals surface area contributed by atoms with Gasteiger partial charge in [-0.1, -0.05) is 12.1 Å². The number of aromatic nitrogens is 2. The van der Waals surface area contributed by atoms with Crippen molar-refractivity contribution < 1.29 is 19.0 Å². The van der Waals surface area contributed by atoms with Gasteiger partial charge in [-0.15, -0.1) is 0 Å². The predicted octanol–water partition coefficient (Wildman–Crippen LogP) is 4.96. The van der Waals surface area contributed by atoms with E-state index in [2.05, 4.69) is 10.3 Å². The SMILES string of the molecule is COc1cc(C(=O)Nc2cccc(OCc3cn4ccccc4n3)c2)ccc1OC(C)C. The molecule has 0 aliphatic heterocycles. The van der Waals surface area contributed by atoms with Crippen LogP contribution in [0.15, 0.2) is 73.1 Å². The number of carbonyl (C=O) groups excluding carboxylic acids is 1. The summed E-state index contributed by atoms with van der Waals surface area (Å²) in [6.45, 7) is 4.20. The van der Waals surface area contributed by atoms with E-state index in [0.29, 0.717) is 35.1 Å². The van der Waals surface area contributed by atoms with Crippen molar-refractivity contribution in [3.8, 4) is 17.2 Å². The number of nitrogens with zero attached hydrogens (tertiary/aromatic N) is 2. The molecule has 2 heterocycles. The largest absolute Gasteiger partial charge is 0.493 e. The van der Waals surface area contributed by atoms with Crippen LogP contribution in [0, 0.1) is 0 Å². The Labute approximate surface area is 186 Å². The van der Waals surface area contributed by atoms with E-state index >= 15 is 0 Å². The van der Waals surface area contributed by atoms with Crippen molar-refractivity contribution in [3.05, 3.63) is 84.3 Å². The van der Waals surface area contributed by atoms with Crippen LogP contribution in [0.5, 0.6) is 17.2 Å². The third-order valence-electron chi connectivity index (χ3n) is 4.68. The molecule has 0 spiro atoms. The topological polar surface area (TPSA) is 74.1 Å². The molecule has 32 heavy (non-hydrogen) atoms. The van der Waals surface area contributed by atoms with E-state index in [0.717, 1.165) is 11.3 Å². The number of nitrogens with one attached hydrogen (secondary N) is 1. The summed E-state index contributed by atoms with van der Waals surface area (Å²) in [4.78, 5) is 17.3. The van der Waals surface area contributed by atoms with Crippen LogP contribution in [0.25, 0.3) is 5.65 Å². The maximum Gasteiger partial charge on any atom is 0.255 e. The van der Waals surface area contributed by atoms with Gasteiger partial charge in [0.05, 0.1) is 18.9 Å². The van der Waals surface area contributed by atoms with Crippen LogP contribution >= 0.6 is 0 Å². The lowest BCUT2D eigenvalue weighted by Crippen LogP contribution is -2.13. The Morgan fingerprint density at radius 1 is 1.06 bits per heavy atom. The summed E-state index contributed by atoms with van der Waals surface area (Å²) in [6.07, 6.45) is 3.88. The zero-order valence-corrected chi connectivity index (χ0v) is 18.2. The molecule has 4 aromatic rings.